The zero-order valence-electron chi connectivity index (χ0n) is 11.8. The molecule has 5 heteroatoms. The molecule has 21 heavy (non-hydrogen) atoms. The van der Waals surface area contributed by atoms with Crippen molar-refractivity contribution in [2.45, 2.75) is 13.5 Å². The van der Waals surface area contributed by atoms with Crippen LogP contribution in [0.1, 0.15) is 21.5 Å². The minimum atomic E-state index is -0.311. The second-order valence-electron chi connectivity index (χ2n) is 4.69. The van der Waals surface area contributed by atoms with Gasteiger partial charge in [0.25, 0.3) is 5.91 Å². The van der Waals surface area contributed by atoms with Crippen LogP contribution in [0, 0.1) is 6.92 Å². The Hall–Kier alpha value is -2.69. The maximum atomic E-state index is 11.7. The number of benzene rings is 1. The van der Waals surface area contributed by atoms with Crippen molar-refractivity contribution in [2.24, 2.45) is 0 Å². The van der Waals surface area contributed by atoms with E-state index in [4.69, 9.17) is 0 Å². The summed E-state index contributed by atoms with van der Waals surface area (Å²) in [6.45, 7) is 2.40. The first kappa shape index (κ1) is 14.7. The lowest BCUT2D eigenvalue weighted by Gasteiger charge is -2.07. The summed E-state index contributed by atoms with van der Waals surface area (Å²) in [4.78, 5) is 27.3. The highest BCUT2D eigenvalue weighted by Gasteiger charge is 2.07. The van der Waals surface area contributed by atoms with Crippen molar-refractivity contribution >= 4 is 11.8 Å². The molecule has 108 valence electrons. The van der Waals surface area contributed by atoms with Gasteiger partial charge in [-0.3, -0.25) is 14.6 Å². The number of pyridine rings is 1. The van der Waals surface area contributed by atoms with Gasteiger partial charge in [0.05, 0.1) is 12.1 Å². The van der Waals surface area contributed by atoms with Crippen molar-refractivity contribution in [2.75, 3.05) is 6.54 Å². The highest BCUT2D eigenvalue weighted by Crippen LogP contribution is 2.02. The summed E-state index contributed by atoms with van der Waals surface area (Å²) in [6, 6.07) is 11.2. The first-order valence-electron chi connectivity index (χ1n) is 6.65. The summed E-state index contributed by atoms with van der Waals surface area (Å²) < 4.78 is 0. The Labute approximate surface area is 123 Å². The van der Waals surface area contributed by atoms with Gasteiger partial charge in [0.1, 0.15) is 0 Å². The van der Waals surface area contributed by atoms with E-state index < -0.39 is 0 Å². The van der Waals surface area contributed by atoms with E-state index in [2.05, 4.69) is 15.6 Å². The molecule has 5 nitrogen and oxygen atoms in total. The number of aromatic nitrogens is 1. The first-order chi connectivity index (χ1) is 10.1. The zero-order valence-corrected chi connectivity index (χ0v) is 11.8. The van der Waals surface area contributed by atoms with Crippen LogP contribution in [0.15, 0.2) is 48.8 Å². The van der Waals surface area contributed by atoms with Crippen molar-refractivity contribution in [3.63, 3.8) is 0 Å². The second-order valence-corrected chi connectivity index (χ2v) is 4.69. The molecule has 2 rings (SSSR count). The van der Waals surface area contributed by atoms with E-state index in [1.54, 1.807) is 18.3 Å². The molecule has 0 atom stereocenters. The number of amides is 2. The number of rotatable bonds is 5. The van der Waals surface area contributed by atoms with Gasteiger partial charge in [-0.05, 0) is 24.6 Å². The van der Waals surface area contributed by atoms with Crippen LogP contribution in [-0.2, 0) is 11.3 Å². The minimum absolute atomic E-state index is 0.0560. The average molecular weight is 283 g/mol. The molecule has 0 radical (unpaired) electrons. The molecule has 0 aliphatic rings. The second kappa shape index (κ2) is 7.19. The number of nitrogens with zero attached hydrogens (tertiary/aromatic N) is 1. The number of aryl methyl sites for hydroxylation is 1. The molecule has 1 aromatic heterocycles. The van der Waals surface area contributed by atoms with E-state index in [-0.39, 0.29) is 18.4 Å². The molecular weight excluding hydrogens is 266 g/mol. The third-order valence-electron chi connectivity index (χ3n) is 2.94. The van der Waals surface area contributed by atoms with Crippen molar-refractivity contribution in [3.05, 3.63) is 65.5 Å². The van der Waals surface area contributed by atoms with Gasteiger partial charge in [0, 0.05) is 18.9 Å². The molecule has 0 saturated carbocycles. The first-order valence-corrected chi connectivity index (χ1v) is 6.65. The molecule has 1 heterocycles. The summed E-state index contributed by atoms with van der Waals surface area (Å²) in [7, 11) is 0. The Bertz CT molecular complexity index is 609. The fourth-order valence-electron chi connectivity index (χ4n) is 1.73. The van der Waals surface area contributed by atoms with Crippen LogP contribution in [0.2, 0.25) is 0 Å². The topological polar surface area (TPSA) is 71.1 Å². The van der Waals surface area contributed by atoms with Gasteiger partial charge >= 0.3 is 0 Å². The van der Waals surface area contributed by atoms with Crippen LogP contribution in [0.25, 0.3) is 0 Å². The Morgan fingerprint density at radius 1 is 1.10 bits per heavy atom. The fraction of sp³-hybridized carbons (Fsp3) is 0.188. The van der Waals surface area contributed by atoms with Crippen molar-refractivity contribution in [3.8, 4) is 0 Å². The van der Waals surface area contributed by atoms with E-state index >= 15 is 0 Å². The average Bonchev–Trinajstić information content (AvgIpc) is 2.53. The quantitative estimate of drug-likeness (QED) is 0.872. The van der Waals surface area contributed by atoms with Gasteiger partial charge in [0.2, 0.25) is 5.91 Å². The third-order valence-corrected chi connectivity index (χ3v) is 2.94. The van der Waals surface area contributed by atoms with Crippen molar-refractivity contribution < 1.29 is 9.59 Å². The molecule has 0 bridgehead atoms. The minimum Gasteiger partial charge on any atom is -0.350 e. The van der Waals surface area contributed by atoms with Gasteiger partial charge < -0.3 is 10.6 Å². The maximum Gasteiger partial charge on any atom is 0.253 e. The molecule has 2 amide bonds. The SMILES string of the molecule is Cc1ccc(CNC(=O)CNC(=O)c2cccnc2)cc1. The lowest BCUT2D eigenvalue weighted by Crippen LogP contribution is -2.36. The molecule has 2 aromatic rings. The van der Waals surface area contributed by atoms with Crippen LogP contribution in [-0.4, -0.2) is 23.3 Å². The zero-order chi connectivity index (χ0) is 15.1. The van der Waals surface area contributed by atoms with Crippen molar-refractivity contribution in [1.29, 1.82) is 0 Å². The summed E-state index contributed by atoms with van der Waals surface area (Å²) in [6.07, 6.45) is 3.05. The molecule has 0 aliphatic carbocycles. The third kappa shape index (κ3) is 4.72. The van der Waals surface area contributed by atoms with E-state index in [0.717, 1.165) is 5.56 Å². The number of hydrogen-bond donors (Lipinski definition) is 2. The van der Waals surface area contributed by atoms with Gasteiger partial charge in [0.15, 0.2) is 0 Å². The van der Waals surface area contributed by atoms with Gasteiger partial charge in [-0.25, -0.2) is 0 Å². The highest BCUT2D eigenvalue weighted by atomic mass is 16.2. The number of hydrogen-bond acceptors (Lipinski definition) is 3. The van der Waals surface area contributed by atoms with Crippen LogP contribution in [0.4, 0.5) is 0 Å². The molecule has 0 aliphatic heterocycles. The lowest BCUT2D eigenvalue weighted by atomic mass is 10.1. The van der Waals surface area contributed by atoms with E-state index in [1.165, 1.54) is 11.8 Å². The number of carbonyl (C=O) groups is 2. The lowest BCUT2D eigenvalue weighted by molar-refractivity contribution is -0.120. The van der Waals surface area contributed by atoms with Gasteiger partial charge in [-0.2, -0.15) is 0 Å². The summed E-state index contributed by atoms with van der Waals surface area (Å²) >= 11 is 0. The maximum absolute atomic E-state index is 11.7. The normalized spacial score (nSPS) is 9.95. The predicted octanol–water partition coefficient (Wildman–Crippen LogP) is 1.44. The monoisotopic (exact) mass is 283 g/mol. The van der Waals surface area contributed by atoms with Gasteiger partial charge in [-0.1, -0.05) is 29.8 Å². The fourth-order valence-corrected chi connectivity index (χ4v) is 1.73. The summed E-state index contributed by atoms with van der Waals surface area (Å²) in [5.74, 6) is -0.540. The van der Waals surface area contributed by atoms with E-state index in [0.29, 0.717) is 12.1 Å². The molecule has 1 aromatic carbocycles. The van der Waals surface area contributed by atoms with Crippen LogP contribution in [0.5, 0.6) is 0 Å². The molecule has 0 fully saturated rings. The molecule has 2 N–H and O–H groups in total. The Morgan fingerprint density at radius 3 is 2.52 bits per heavy atom. The van der Waals surface area contributed by atoms with Crippen LogP contribution in [0.3, 0.4) is 0 Å². The predicted molar refractivity (Wildman–Crippen MR) is 79.6 cm³/mol. The Balaban J connectivity index is 1.75. The Kier molecular flexibility index (Phi) is 5.04. The smallest absolute Gasteiger partial charge is 0.253 e. The number of carbonyl (C=O) groups excluding carboxylic acids is 2. The molecule has 0 unspecified atom stereocenters. The van der Waals surface area contributed by atoms with E-state index in [9.17, 15) is 9.59 Å². The van der Waals surface area contributed by atoms with E-state index in [1.807, 2.05) is 31.2 Å². The van der Waals surface area contributed by atoms with Gasteiger partial charge in [-0.15, -0.1) is 0 Å². The largest absolute Gasteiger partial charge is 0.350 e. The number of nitrogens with one attached hydrogen (secondary N) is 2. The molecule has 0 saturated heterocycles. The molecule has 0 spiro atoms. The van der Waals surface area contributed by atoms with Crippen molar-refractivity contribution in [1.82, 2.24) is 15.6 Å². The van der Waals surface area contributed by atoms with Crippen LogP contribution < -0.4 is 10.6 Å². The standard InChI is InChI=1S/C16H17N3O2/c1-12-4-6-13(7-5-12)9-18-15(20)11-19-16(21)14-3-2-8-17-10-14/h2-8,10H,9,11H2,1H3,(H,18,20)(H,19,21). The summed E-state index contributed by atoms with van der Waals surface area (Å²) in [5.41, 5.74) is 2.63. The van der Waals surface area contributed by atoms with Crippen LogP contribution >= 0.6 is 0 Å². The summed E-state index contributed by atoms with van der Waals surface area (Å²) in [5, 5.41) is 5.31. The molecular formula is C16H17N3O2. The Morgan fingerprint density at radius 2 is 1.86 bits per heavy atom. The highest BCUT2D eigenvalue weighted by molar-refractivity contribution is 5.96.